The molecule has 0 saturated heterocycles. The number of pyridine rings is 1. The van der Waals surface area contributed by atoms with Gasteiger partial charge in [-0.2, -0.15) is 0 Å². The van der Waals surface area contributed by atoms with Gasteiger partial charge in [0.2, 0.25) is 0 Å². The molecule has 3 rings (SSSR count). The van der Waals surface area contributed by atoms with E-state index in [0.717, 1.165) is 33.4 Å². The van der Waals surface area contributed by atoms with Gasteiger partial charge < -0.3 is 9.97 Å². The molecule has 4 nitrogen and oxygen atoms in total. The molecule has 0 aliphatic carbocycles. The molecule has 118 valence electrons. The van der Waals surface area contributed by atoms with Crippen LogP contribution in [0.1, 0.15) is 39.3 Å². The summed E-state index contributed by atoms with van der Waals surface area (Å²) >= 11 is 0. The third kappa shape index (κ3) is 2.84. The summed E-state index contributed by atoms with van der Waals surface area (Å²) < 4.78 is 0. The molecule has 0 fully saturated rings. The molecule has 0 unspecified atom stereocenters. The highest BCUT2D eigenvalue weighted by Crippen LogP contribution is 2.23. The Balaban J connectivity index is 1.88. The number of aromatic nitrogens is 2. The first kappa shape index (κ1) is 15.3. The molecule has 0 atom stereocenters. The average molecular weight is 308 g/mol. The lowest BCUT2D eigenvalue weighted by Gasteiger charge is -2.06. The quantitative estimate of drug-likeness (QED) is 0.723. The minimum absolute atomic E-state index is 0.0688. The number of fused-ring (bicyclic) bond motifs is 1. The molecule has 4 heteroatoms. The van der Waals surface area contributed by atoms with Crippen LogP contribution in [0, 0.1) is 20.8 Å². The molecule has 0 aliphatic rings. The smallest absolute Gasteiger partial charge is 0.251 e. The van der Waals surface area contributed by atoms with E-state index in [4.69, 9.17) is 0 Å². The number of aromatic amines is 2. The van der Waals surface area contributed by atoms with Crippen molar-refractivity contribution in [1.82, 2.24) is 9.97 Å². The highest BCUT2D eigenvalue weighted by molar-refractivity contribution is 6.09. The summed E-state index contributed by atoms with van der Waals surface area (Å²) in [5.74, 6) is 0.0688. The largest absolute Gasteiger partial charge is 0.358 e. The van der Waals surface area contributed by atoms with E-state index in [0.29, 0.717) is 18.4 Å². The third-order valence-corrected chi connectivity index (χ3v) is 4.27. The van der Waals surface area contributed by atoms with Crippen LogP contribution in [0.5, 0.6) is 0 Å². The minimum Gasteiger partial charge on any atom is -0.358 e. The summed E-state index contributed by atoms with van der Waals surface area (Å²) in [6, 6.07) is 9.74. The molecule has 3 aromatic rings. The first-order valence-corrected chi connectivity index (χ1v) is 7.77. The molecule has 0 bridgehead atoms. The molecule has 0 spiro atoms. The number of aryl methyl sites for hydroxylation is 3. The highest BCUT2D eigenvalue weighted by atomic mass is 16.1. The standard InChI is InChI=1S/C19H20N2O2/c1-11-10-12(2)20-19(23)14(11)8-9-17(22)18-13(3)21-16-7-5-4-6-15(16)18/h4-7,10,21H,8-9H2,1-3H3,(H,20,23). The lowest BCUT2D eigenvalue weighted by molar-refractivity contribution is 0.0984. The SMILES string of the molecule is Cc1cc(C)c(CCC(=O)c2c(C)[nH]c3ccccc23)c(=O)[nH]1. The fourth-order valence-corrected chi connectivity index (χ4v) is 3.19. The van der Waals surface area contributed by atoms with Gasteiger partial charge in [-0.3, -0.25) is 9.59 Å². The maximum atomic E-state index is 12.7. The van der Waals surface area contributed by atoms with Crippen LogP contribution in [0.3, 0.4) is 0 Å². The fraction of sp³-hybridized carbons (Fsp3) is 0.263. The van der Waals surface area contributed by atoms with Gasteiger partial charge in [0.25, 0.3) is 5.56 Å². The molecule has 0 aliphatic heterocycles. The van der Waals surface area contributed by atoms with E-state index < -0.39 is 0 Å². The monoisotopic (exact) mass is 308 g/mol. The average Bonchev–Trinajstić information content (AvgIpc) is 2.81. The van der Waals surface area contributed by atoms with Crippen LogP contribution in [-0.2, 0) is 6.42 Å². The van der Waals surface area contributed by atoms with Crippen LogP contribution < -0.4 is 5.56 Å². The van der Waals surface area contributed by atoms with Crippen molar-refractivity contribution in [2.45, 2.75) is 33.6 Å². The van der Waals surface area contributed by atoms with E-state index in [-0.39, 0.29) is 11.3 Å². The van der Waals surface area contributed by atoms with Gasteiger partial charge in [0, 0.05) is 39.8 Å². The first-order valence-electron chi connectivity index (χ1n) is 7.77. The van der Waals surface area contributed by atoms with Crippen LogP contribution in [0.4, 0.5) is 0 Å². The van der Waals surface area contributed by atoms with Gasteiger partial charge in [0.1, 0.15) is 0 Å². The van der Waals surface area contributed by atoms with Gasteiger partial charge in [0.05, 0.1) is 0 Å². The van der Waals surface area contributed by atoms with Crippen molar-refractivity contribution in [3.63, 3.8) is 0 Å². The van der Waals surface area contributed by atoms with E-state index >= 15 is 0 Å². The molecular formula is C19H20N2O2. The second-order valence-corrected chi connectivity index (χ2v) is 6.04. The van der Waals surface area contributed by atoms with E-state index in [1.165, 1.54) is 0 Å². The van der Waals surface area contributed by atoms with Crippen molar-refractivity contribution in [2.75, 3.05) is 0 Å². The van der Waals surface area contributed by atoms with Crippen LogP contribution in [0.25, 0.3) is 10.9 Å². The van der Waals surface area contributed by atoms with Crippen molar-refractivity contribution >= 4 is 16.7 Å². The summed E-state index contributed by atoms with van der Waals surface area (Å²) in [6.07, 6.45) is 0.787. The van der Waals surface area contributed by atoms with E-state index in [1.807, 2.05) is 51.1 Å². The Kier molecular flexibility index (Phi) is 3.90. The molecule has 2 N–H and O–H groups in total. The number of nitrogens with one attached hydrogen (secondary N) is 2. The van der Waals surface area contributed by atoms with Crippen LogP contribution >= 0.6 is 0 Å². The number of carbonyl (C=O) groups excluding carboxylic acids is 1. The van der Waals surface area contributed by atoms with E-state index in [2.05, 4.69) is 9.97 Å². The number of hydrogen-bond acceptors (Lipinski definition) is 2. The number of ketones is 1. The van der Waals surface area contributed by atoms with Crippen molar-refractivity contribution in [3.05, 3.63) is 68.8 Å². The van der Waals surface area contributed by atoms with Crippen LogP contribution in [0.15, 0.2) is 35.1 Å². The fourth-order valence-electron chi connectivity index (χ4n) is 3.19. The Hall–Kier alpha value is -2.62. The maximum Gasteiger partial charge on any atom is 0.251 e. The van der Waals surface area contributed by atoms with Gasteiger partial charge in [-0.25, -0.2) is 0 Å². The second-order valence-electron chi connectivity index (χ2n) is 6.04. The molecule has 2 aromatic heterocycles. The Labute approximate surface area is 134 Å². The molecule has 0 saturated carbocycles. The number of rotatable bonds is 4. The zero-order chi connectivity index (χ0) is 16.6. The van der Waals surface area contributed by atoms with Gasteiger partial charge in [-0.15, -0.1) is 0 Å². The first-order chi connectivity index (χ1) is 11.0. The normalized spacial score (nSPS) is 11.1. The maximum absolute atomic E-state index is 12.7. The predicted octanol–water partition coefficient (Wildman–Crippen LogP) is 3.60. The lowest BCUT2D eigenvalue weighted by atomic mass is 9.99. The Bertz CT molecular complexity index is 948. The second kappa shape index (κ2) is 5.88. The number of H-pyrrole nitrogens is 2. The van der Waals surface area contributed by atoms with Gasteiger partial charge in [-0.05, 0) is 44.9 Å². The van der Waals surface area contributed by atoms with Gasteiger partial charge >= 0.3 is 0 Å². The number of para-hydroxylation sites is 1. The van der Waals surface area contributed by atoms with Crippen molar-refractivity contribution in [2.24, 2.45) is 0 Å². The molecular weight excluding hydrogens is 288 g/mol. The summed E-state index contributed by atoms with van der Waals surface area (Å²) in [5, 5.41) is 0.949. The number of Topliss-reactive ketones (excluding diaryl/α,β-unsaturated/α-hetero) is 1. The zero-order valence-electron chi connectivity index (χ0n) is 13.6. The summed E-state index contributed by atoms with van der Waals surface area (Å²) in [4.78, 5) is 30.8. The summed E-state index contributed by atoms with van der Waals surface area (Å²) in [7, 11) is 0. The van der Waals surface area contributed by atoms with Gasteiger partial charge in [0.15, 0.2) is 5.78 Å². The molecule has 1 aromatic carbocycles. The predicted molar refractivity (Wildman–Crippen MR) is 92.2 cm³/mol. The summed E-state index contributed by atoms with van der Waals surface area (Å²) in [6.45, 7) is 5.69. The van der Waals surface area contributed by atoms with E-state index in [1.54, 1.807) is 0 Å². The minimum atomic E-state index is -0.0917. The Morgan fingerprint density at radius 2 is 1.83 bits per heavy atom. The van der Waals surface area contributed by atoms with Crippen LogP contribution in [0.2, 0.25) is 0 Å². The number of benzene rings is 1. The van der Waals surface area contributed by atoms with E-state index in [9.17, 15) is 9.59 Å². The molecule has 2 heterocycles. The molecule has 0 radical (unpaired) electrons. The Morgan fingerprint density at radius 1 is 1.09 bits per heavy atom. The third-order valence-electron chi connectivity index (χ3n) is 4.27. The lowest BCUT2D eigenvalue weighted by Crippen LogP contribution is -2.17. The van der Waals surface area contributed by atoms with Gasteiger partial charge in [-0.1, -0.05) is 18.2 Å². The summed E-state index contributed by atoms with van der Waals surface area (Å²) in [5.41, 5.74) is 4.97. The number of carbonyl (C=O) groups is 1. The van der Waals surface area contributed by atoms with Crippen molar-refractivity contribution in [3.8, 4) is 0 Å². The van der Waals surface area contributed by atoms with Crippen LogP contribution in [-0.4, -0.2) is 15.8 Å². The molecule has 0 amide bonds. The van der Waals surface area contributed by atoms with Crippen molar-refractivity contribution < 1.29 is 4.79 Å². The van der Waals surface area contributed by atoms with Crippen molar-refractivity contribution in [1.29, 1.82) is 0 Å². The highest BCUT2D eigenvalue weighted by Gasteiger charge is 2.16. The zero-order valence-corrected chi connectivity index (χ0v) is 13.6. The topological polar surface area (TPSA) is 65.7 Å². The Morgan fingerprint density at radius 3 is 2.57 bits per heavy atom. The number of hydrogen-bond donors (Lipinski definition) is 2. The molecule has 23 heavy (non-hydrogen) atoms.